The van der Waals surface area contributed by atoms with E-state index >= 15 is 0 Å². The highest BCUT2D eigenvalue weighted by atomic mass is 16.3. The molecule has 1 heterocycles. The van der Waals surface area contributed by atoms with Crippen molar-refractivity contribution in [1.82, 2.24) is 0 Å². The standard InChI is InChI=1S/C9H10N2O2/c1-9(13)6-4-5(10)2-3-7(6)11-8(9)12/h2-4,13H,10H2,1H3,(H,11,12). The molecule has 0 radical (unpaired) electrons. The predicted octanol–water partition coefficient (Wildman–Crippen LogP) is 0.428. The van der Waals surface area contributed by atoms with Gasteiger partial charge in [0.2, 0.25) is 0 Å². The van der Waals surface area contributed by atoms with E-state index in [1.54, 1.807) is 18.2 Å². The molecule has 1 aliphatic heterocycles. The summed E-state index contributed by atoms with van der Waals surface area (Å²) in [5, 5.41) is 12.3. The van der Waals surface area contributed by atoms with Crippen molar-refractivity contribution in [3.8, 4) is 0 Å². The normalized spacial score (nSPS) is 25.5. The molecule has 0 aliphatic carbocycles. The lowest BCUT2D eigenvalue weighted by molar-refractivity contribution is -0.131. The lowest BCUT2D eigenvalue weighted by Gasteiger charge is -2.13. The Kier molecular flexibility index (Phi) is 1.38. The number of hydrogen-bond acceptors (Lipinski definition) is 3. The number of aliphatic hydroxyl groups is 1. The minimum absolute atomic E-state index is 0.409. The molecule has 0 bridgehead atoms. The highest BCUT2D eigenvalue weighted by molar-refractivity contribution is 6.04. The first kappa shape index (κ1) is 8.07. The Morgan fingerprint density at radius 1 is 1.54 bits per heavy atom. The fraction of sp³-hybridized carbons (Fsp3) is 0.222. The van der Waals surface area contributed by atoms with E-state index in [0.717, 1.165) is 0 Å². The first-order valence-corrected chi connectivity index (χ1v) is 3.95. The number of carbonyl (C=O) groups excluding carboxylic acids is 1. The second-order valence-electron chi connectivity index (χ2n) is 3.33. The van der Waals surface area contributed by atoms with Gasteiger partial charge in [0.1, 0.15) is 0 Å². The number of rotatable bonds is 0. The van der Waals surface area contributed by atoms with Crippen LogP contribution in [0.4, 0.5) is 11.4 Å². The average Bonchev–Trinajstić information content (AvgIpc) is 2.27. The lowest BCUT2D eigenvalue weighted by atomic mass is 9.97. The molecule has 0 spiro atoms. The highest BCUT2D eigenvalue weighted by Gasteiger charge is 2.40. The Hall–Kier alpha value is -1.55. The number of anilines is 2. The molecule has 0 fully saturated rings. The Labute approximate surface area is 75.4 Å². The maximum absolute atomic E-state index is 11.3. The summed E-state index contributed by atoms with van der Waals surface area (Å²) in [4.78, 5) is 11.3. The number of hydrogen-bond donors (Lipinski definition) is 3. The first-order valence-electron chi connectivity index (χ1n) is 3.95. The topological polar surface area (TPSA) is 75.3 Å². The largest absolute Gasteiger partial charge is 0.399 e. The quantitative estimate of drug-likeness (QED) is 0.504. The van der Waals surface area contributed by atoms with Crippen LogP contribution in [0.1, 0.15) is 12.5 Å². The molecular formula is C9H10N2O2. The zero-order valence-electron chi connectivity index (χ0n) is 7.16. The minimum Gasteiger partial charge on any atom is -0.399 e. The van der Waals surface area contributed by atoms with E-state index in [0.29, 0.717) is 16.9 Å². The molecule has 1 amide bonds. The molecule has 1 aromatic carbocycles. The number of carbonyl (C=O) groups is 1. The van der Waals surface area contributed by atoms with Gasteiger partial charge in [-0.15, -0.1) is 0 Å². The third-order valence-electron chi connectivity index (χ3n) is 2.26. The van der Waals surface area contributed by atoms with E-state index in [-0.39, 0.29) is 0 Å². The van der Waals surface area contributed by atoms with Crippen LogP contribution in [-0.4, -0.2) is 11.0 Å². The maximum atomic E-state index is 11.3. The fourth-order valence-electron chi connectivity index (χ4n) is 1.44. The van der Waals surface area contributed by atoms with E-state index in [4.69, 9.17) is 5.73 Å². The van der Waals surface area contributed by atoms with E-state index in [9.17, 15) is 9.90 Å². The van der Waals surface area contributed by atoms with Crippen LogP contribution in [0.3, 0.4) is 0 Å². The number of benzene rings is 1. The van der Waals surface area contributed by atoms with Crippen LogP contribution in [0.2, 0.25) is 0 Å². The third kappa shape index (κ3) is 0.990. The zero-order chi connectivity index (χ0) is 9.64. The molecule has 4 N–H and O–H groups in total. The molecule has 0 saturated carbocycles. The van der Waals surface area contributed by atoms with Gasteiger partial charge in [0, 0.05) is 16.9 Å². The van der Waals surface area contributed by atoms with Crippen LogP contribution in [0.25, 0.3) is 0 Å². The SMILES string of the molecule is CC1(O)C(=O)Nc2ccc(N)cc21. The monoisotopic (exact) mass is 178 g/mol. The van der Waals surface area contributed by atoms with Crippen LogP contribution in [0.15, 0.2) is 18.2 Å². The van der Waals surface area contributed by atoms with Gasteiger partial charge in [-0.2, -0.15) is 0 Å². The second-order valence-corrected chi connectivity index (χ2v) is 3.33. The zero-order valence-corrected chi connectivity index (χ0v) is 7.16. The molecule has 0 saturated heterocycles. The number of nitrogen functional groups attached to an aromatic ring is 1. The summed E-state index contributed by atoms with van der Waals surface area (Å²) in [6.45, 7) is 1.45. The van der Waals surface area contributed by atoms with Crippen molar-refractivity contribution < 1.29 is 9.90 Å². The van der Waals surface area contributed by atoms with Crippen molar-refractivity contribution in [2.45, 2.75) is 12.5 Å². The van der Waals surface area contributed by atoms with Gasteiger partial charge < -0.3 is 16.2 Å². The molecule has 1 atom stereocenters. The second kappa shape index (κ2) is 2.23. The number of fused-ring (bicyclic) bond motifs is 1. The van der Waals surface area contributed by atoms with Crippen LogP contribution in [0.5, 0.6) is 0 Å². The highest BCUT2D eigenvalue weighted by Crippen LogP contribution is 2.36. The summed E-state index contributed by atoms with van der Waals surface area (Å²) in [6, 6.07) is 4.97. The van der Waals surface area contributed by atoms with Crippen molar-refractivity contribution in [1.29, 1.82) is 0 Å². The molecular weight excluding hydrogens is 168 g/mol. The molecule has 2 rings (SSSR count). The van der Waals surface area contributed by atoms with Gasteiger partial charge >= 0.3 is 0 Å². The van der Waals surface area contributed by atoms with E-state index < -0.39 is 11.5 Å². The molecule has 13 heavy (non-hydrogen) atoms. The smallest absolute Gasteiger partial charge is 0.260 e. The molecule has 1 aromatic rings. The number of amides is 1. The van der Waals surface area contributed by atoms with Gasteiger partial charge in [-0.25, -0.2) is 0 Å². The lowest BCUT2D eigenvalue weighted by Crippen LogP contribution is -2.30. The summed E-state index contributed by atoms with van der Waals surface area (Å²) in [5.41, 5.74) is 5.80. The Morgan fingerprint density at radius 3 is 2.92 bits per heavy atom. The van der Waals surface area contributed by atoms with Gasteiger partial charge in [0.25, 0.3) is 5.91 Å². The molecule has 1 aliphatic rings. The minimum atomic E-state index is -1.45. The van der Waals surface area contributed by atoms with Gasteiger partial charge in [-0.3, -0.25) is 4.79 Å². The Bertz CT molecular complexity index is 385. The summed E-state index contributed by atoms with van der Waals surface area (Å²) in [7, 11) is 0. The van der Waals surface area contributed by atoms with Crippen molar-refractivity contribution in [3.05, 3.63) is 23.8 Å². The summed E-state index contributed by atoms with van der Waals surface area (Å²) >= 11 is 0. The Balaban J connectivity index is 2.64. The summed E-state index contributed by atoms with van der Waals surface area (Å²) in [6.07, 6.45) is 0. The molecule has 4 heteroatoms. The van der Waals surface area contributed by atoms with E-state index in [1.165, 1.54) is 6.92 Å². The van der Waals surface area contributed by atoms with Crippen molar-refractivity contribution in [2.75, 3.05) is 11.1 Å². The molecule has 68 valence electrons. The van der Waals surface area contributed by atoms with Crippen molar-refractivity contribution >= 4 is 17.3 Å². The maximum Gasteiger partial charge on any atom is 0.260 e. The Morgan fingerprint density at radius 2 is 2.23 bits per heavy atom. The van der Waals surface area contributed by atoms with E-state index in [1.807, 2.05) is 0 Å². The summed E-state index contributed by atoms with van der Waals surface area (Å²) in [5.74, 6) is -0.409. The summed E-state index contributed by atoms with van der Waals surface area (Å²) < 4.78 is 0. The van der Waals surface area contributed by atoms with Gasteiger partial charge in [0.15, 0.2) is 5.60 Å². The third-order valence-corrected chi connectivity index (χ3v) is 2.26. The van der Waals surface area contributed by atoms with Crippen LogP contribution < -0.4 is 11.1 Å². The predicted molar refractivity (Wildman–Crippen MR) is 49.1 cm³/mol. The molecule has 4 nitrogen and oxygen atoms in total. The van der Waals surface area contributed by atoms with E-state index in [2.05, 4.69) is 5.32 Å². The van der Waals surface area contributed by atoms with Gasteiger partial charge in [-0.1, -0.05) is 0 Å². The van der Waals surface area contributed by atoms with Crippen LogP contribution in [-0.2, 0) is 10.4 Å². The molecule has 0 aromatic heterocycles. The van der Waals surface area contributed by atoms with Gasteiger partial charge in [0.05, 0.1) is 0 Å². The van der Waals surface area contributed by atoms with Crippen molar-refractivity contribution in [3.63, 3.8) is 0 Å². The number of nitrogens with one attached hydrogen (secondary N) is 1. The van der Waals surface area contributed by atoms with Crippen LogP contribution in [0, 0.1) is 0 Å². The first-order chi connectivity index (χ1) is 6.01. The van der Waals surface area contributed by atoms with Gasteiger partial charge in [-0.05, 0) is 25.1 Å². The fourth-order valence-corrected chi connectivity index (χ4v) is 1.44. The molecule has 1 unspecified atom stereocenters. The van der Waals surface area contributed by atoms with Crippen molar-refractivity contribution in [2.24, 2.45) is 0 Å². The van der Waals surface area contributed by atoms with Crippen LogP contribution >= 0.6 is 0 Å². The number of nitrogens with two attached hydrogens (primary N) is 1. The average molecular weight is 178 g/mol.